The highest BCUT2D eigenvalue weighted by atomic mass is 16.3. The first-order chi connectivity index (χ1) is 6.81. The van der Waals surface area contributed by atoms with Gasteiger partial charge in [-0.15, -0.1) is 0 Å². The summed E-state index contributed by atoms with van der Waals surface area (Å²) in [5.74, 6) is 0. The largest absolute Gasteiger partial charge is 0.392 e. The van der Waals surface area contributed by atoms with E-state index in [0.717, 1.165) is 18.4 Å². The number of aliphatic hydroxyl groups is 1. The molecule has 0 aliphatic heterocycles. The van der Waals surface area contributed by atoms with E-state index >= 15 is 0 Å². The number of aryl methyl sites for hydroxylation is 2. The molecule has 0 amide bonds. The Balaban J connectivity index is 2.91. The van der Waals surface area contributed by atoms with Gasteiger partial charge in [-0.05, 0) is 29.5 Å². The number of rotatable bonds is 5. The van der Waals surface area contributed by atoms with E-state index < -0.39 is 0 Å². The van der Waals surface area contributed by atoms with Gasteiger partial charge in [0.25, 0.3) is 0 Å². The van der Waals surface area contributed by atoms with Gasteiger partial charge in [0.1, 0.15) is 0 Å². The topological polar surface area (TPSA) is 20.2 Å². The van der Waals surface area contributed by atoms with Crippen LogP contribution in [0.25, 0.3) is 0 Å². The quantitative estimate of drug-likeness (QED) is 0.760. The Morgan fingerprint density at radius 2 is 1.64 bits per heavy atom. The fraction of sp³-hybridized carbons (Fsp3) is 0.538. The molecule has 0 radical (unpaired) electrons. The third-order valence-corrected chi connectivity index (χ3v) is 2.49. The summed E-state index contributed by atoms with van der Waals surface area (Å²) in [5, 5.41) is 9.05. The van der Waals surface area contributed by atoms with Gasteiger partial charge in [-0.3, -0.25) is 0 Å². The second kappa shape index (κ2) is 5.82. The third-order valence-electron chi connectivity index (χ3n) is 2.49. The van der Waals surface area contributed by atoms with Crippen molar-refractivity contribution in [1.29, 1.82) is 0 Å². The molecule has 0 aliphatic carbocycles. The van der Waals surface area contributed by atoms with Gasteiger partial charge in [-0.1, -0.05) is 44.9 Å². The van der Waals surface area contributed by atoms with Crippen molar-refractivity contribution in [2.45, 2.75) is 46.1 Å². The number of hydrogen-bond donors (Lipinski definition) is 1. The monoisotopic (exact) mass is 192 g/mol. The molecule has 0 aromatic heterocycles. The van der Waals surface area contributed by atoms with Crippen LogP contribution in [0.4, 0.5) is 0 Å². The second-order valence-electron chi connectivity index (χ2n) is 3.76. The van der Waals surface area contributed by atoms with E-state index in [4.69, 9.17) is 5.11 Å². The molecule has 1 N–H and O–H groups in total. The Morgan fingerprint density at radius 1 is 1.00 bits per heavy atom. The van der Waals surface area contributed by atoms with Crippen LogP contribution in [0.2, 0.25) is 0 Å². The van der Waals surface area contributed by atoms with Crippen LogP contribution in [0.3, 0.4) is 0 Å². The van der Waals surface area contributed by atoms with E-state index in [1.165, 1.54) is 24.0 Å². The summed E-state index contributed by atoms with van der Waals surface area (Å²) in [7, 11) is 0. The minimum absolute atomic E-state index is 0.156. The van der Waals surface area contributed by atoms with E-state index in [-0.39, 0.29) is 6.61 Å². The summed E-state index contributed by atoms with van der Waals surface area (Å²) in [6.07, 6.45) is 4.64. The van der Waals surface area contributed by atoms with Gasteiger partial charge in [0.05, 0.1) is 6.61 Å². The standard InChI is InChI=1S/C13H20O/c1-3-5-12-8-7-11(10-14)9-13(12)6-4-2/h7-9,14H,3-6,10H2,1-2H3. The van der Waals surface area contributed by atoms with Crippen LogP contribution >= 0.6 is 0 Å². The van der Waals surface area contributed by atoms with Crippen molar-refractivity contribution in [3.63, 3.8) is 0 Å². The Morgan fingerprint density at radius 3 is 2.21 bits per heavy atom. The van der Waals surface area contributed by atoms with Gasteiger partial charge < -0.3 is 5.11 Å². The highest BCUT2D eigenvalue weighted by Crippen LogP contribution is 2.16. The van der Waals surface area contributed by atoms with Crippen molar-refractivity contribution in [2.24, 2.45) is 0 Å². The molecule has 0 unspecified atom stereocenters. The van der Waals surface area contributed by atoms with Crippen LogP contribution in [-0.2, 0) is 19.4 Å². The zero-order valence-corrected chi connectivity index (χ0v) is 9.21. The Kier molecular flexibility index (Phi) is 4.68. The zero-order valence-electron chi connectivity index (χ0n) is 9.21. The molecular formula is C13H20O. The van der Waals surface area contributed by atoms with Crippen molar-refractivity contribution in [1.82, 2.24) is 0 Å². The minimum atomic E-state index is 0.156. The maximum absolute atomic E-state index is 9.05. The van der Waals surface area contributed by atoms with Gasteiger partial charge in [-0.25, -0.2) is 0 Å². The molecule has 0 aliphatic rings. The molecule has 0 spiro atoms. The van der Waals surface area contributed by atoms with E-state index in [2.05, 4.69) is 26.0 Å². The molecule has 0 bridgehead atoms. The number of hydrogen-bond acceptors (Lipinski definition) is 1. The average molecular weight is 192 g/mol. The van der Waals surface area contributed by atoms with Crippen molar-refractivity contribution < 1.29 is 5.11 Å². The summed E-state index contributed by atoms with van der Waals surface area (Å²) < 4.78 is 0. The molecule has 0 saturated heterocycles. The third kappa shape index (κ3) is 2.85. The Hall–Kier alpha value is -0.820. The van der Waals surface area contributed by atoms with Gasteiger partial charge in [0.15, 0.2) is 0 Å². The average Bonchev–Trinajstić information content (AvgIpc) is 2.21. The van der Waals surface area contributed by atoms with Crippen LogP contribution in [0.1, 0.15) is 43.4 Å². The molecule has 1 heteroatoms. The smallest absolute Gasteiger partial charge is 0.0681 e. The highest BCUT2D eigenvalue weighted by molar-refractivity contribution is 5.32. The summed E-state index contributed by atoms with van der Waals surface area (Å²) >= 11 is 0. The summed E-state index contributed by atoms with van der Waals surface area (Å²) in [6, 6.07) is 6.35. The van der Waals surface area contributed by atoms with E-state index in [0.29, 0.717) is 0 Å². The fourth-order valence-corrected chi connectivity index (χ4v) is 1.79. The molecule has 14 heavy (non-hydrogen) atoms. The molecule has 78 valence electrons. The summed E-state index contributed by atoms with van der Waals surface area (Å²) in [4.78, 5) is 0. The number of benzene rings is 1. The molecule has 1 rings (SSSR count). The molecule has 0 heterocycles. The van der Waals surface area contributed by atoms with Crippen molar-refractivity contribution in [3.05, 3.63) is 34.9 Å². The molecule has 0 saturated carbocycles. The molecule has 1 nitrogen and oxygen atoms in total. The second-order valence-corrected chi connectivity index (χ2v) is 3.76. The van der Waals surface area contributed by atoms with Crippen LogP contribution in [0.15, 0.2) is 18.2 Å². The first-order valence-electron chi connectivity index (χ1n) is 5.53. The zero-order chi connectivity index (χ0) is 10.4. The van der Waals surface area contributed by atoms with Crippen LogP contribution in [-0.4, -0.2) is 5.11 Å². The van der Waals surface area contributed by atoms with Crippen molar-refractivity contribution in [2.75, 3.05) is 0 Å². The highest BCUT2D eigenvalue weighted by Gasteiger charge is 2.02. The van der Waals surface area contributed by atoms with Gasteiger partial charge >= 0.3 is 0 Å². The minimum Gasteiger partial charge on any atom is -0.392 e. The Labute approximate surface area is 86.8 Å². The van der Waals surface area contributed by atoms with Crippen molar-refractivity contribution >= 4 is 0 Å². The maximum atomic E-state index is 9.05. The Bertz CT molecular complexity index is 279. The lowest BCUT2D eigenvalue weighted by molar-refractivity contribution is 0.281. The maximum Gasteiger partial charge on any atom is 0.0681 e. The molecule has 0 atom stereocenters. The molecule has 1 aromatic carbocycles. The van der Waals surface area contributed by atoms with Crippen LogP contribution in [0, 0.1) is 0 Å². The molecule has 1 aromatic rings. The SMILES string of the molecule is CCCc1ccc(CO)cc1CCC. The van der Waals surface area contributed by atoms with Gasteiger partial charge in [0, 0.05) is 0 Å². The predicted molar refractivity (Wildman–Crippen MR) is 60.4 cm³/mol. The fourth-order valence-electron chi connectivity index (χ4n) is 1.79. The molecule has 0 fully saturated rings. The van der Waals surface area contributed by atoms with Crippen molar-refractivity contribution in [3.8, 4) is 0 Å². The predicted octanol–water partition coefficient (Wildman–Crippen LogP) is 3.08. The summed E-state index contributed by atoms with van der Waals surface area (Å²) in [6.45, 7) is 4.56. The van der Waals surface area contributed by atoms with E-state index in [1.807, 2.05) is 6.07 Å². The van der Waals surface area contributed by atoms with Crippen LogP contribution in [0.5, 0.6) is 0 Å². The van der Waals surface area contributed by atoms with Gasteiger partial charge in [-0.2, -0.15) is 0 Å². The van der Waals surface area contributed by atoms with E-state index in [1.54, 1.807) is 0 Å². The lowest BCUT2D eigenvalue weighted by atomic mass is 9.97. The normalized spacial score (nSPS) is 10.5. The lowest BCUT2D eigenvalue weighted by Crippen LogP contribution is -1.96. The first kappa shape index (κ1) is 11.3. The molecular weight excluding hydrogens is 172 g/mol. The van der Waals surface area contributed by atoms with Gasteiger partial charge in [0.2, 0.25) is 0 Å². The van der Waals surface area contributed by atoms with Crippen LogP contribution < -0.4 is 0 Å². The first-order valence-corrected chi connectivity index (χ1v) is 5.53. The lowest BCUT2D eigenvalue weighted by Gasteiger charge is -2.09. The summed E-state index contributed by atoms with van der Waals surface area (Å²) in [5.41, 5.74) is 3.90. The van der Waals surface area contributed by atoms with E-state index in [9.17, 15) is 0 Å². The number of aliphatic hydroxyl groups excluding tert-OH is 1.